The summed E-state index contributed by atoms with van der Waals surface area (Å²) < 4.78 is 15.4. The lowest BCUT2D eigenvalue weighted by molar-refractivity contribution is -0.157. The van der Waals surface area contributed by atoms with Crippen molar-refractivity contribution < 1.29 is 38.2 Å². The van der Waals surface area contributed by atoms with Crippen molar-refractivity contribution in [3.63, 3.8) is 0 Å². The number of carbonyl (C=O) groups excluding carboxylic acids is 5. The Hall–Kier alpha value is -3.03. The molecule has 5 atom stereocenters. The molecule has 2 aliphatic heterocycles. The molecule has 0 aromatic heterocycles. The van der Waals surface area contributed by atoms with Gasteiger partial charge in [0.15, 0.2) is 0 Å². The molecule has 0 bridgehead atoms. The summed E-state index contributed by atoms with van der Waals surface area (Å²) in [6.07, 6.45) is 17.0. The Kier molecular flexibility index (Phi) is 12.1. The molecule has 0 radical (unpaired) electrons. The van der Waals surface area contributed by atoms with E-state index in [9.17, 15) is 24.0 Å². The van der Waals surface area contributed by atoms with Gasteiger partial charge in [-0.3, -0.25) is 24.0 Å². The molecule has 42 heavy (non-hydrogen) atoms. The summed E-state index contributed by atoms with van der Waals surface area (Å²) in [4.78, 5) is 63.2. The SMILES string of the molecule is CCCCCCCCCCCCCCCCOC(=O)CC1C2C(=O)OC(=O)C2c2ccccc2C1C1CC(=O)OC1=O. The van der Waals surface area contributed by atoms with Crippen LogP contribution in [0, 0.1) is 17.8 Å². The van der Waals surface area contributed by atoms with E-state index in [1.165, 1.54) is 70.6 Å². The largest absolute Gasteiger partial charge is 0.466 e. The van der Waals surface area contributed by atoms with Crippen LogP contribution in [0.4, 0.5) is 0 Å². The van der Waals surface area contributed by atoms with E-state index in [2.05, 4.69) is 6.92 Å². The van der Waals surface area contributed by atoms with Gasteiger partial charge in [-0.15, -0.1) is 0 Å². The molecule has 4 rings (SSSR count). The molecule has 8 heteroatoms. The molecule has 5 unspecified atom stereocenters. The van der Waals surface area contributed by atoms with Crippen LogP contribution in [0.1, 0.15) is 133 Å². The number of esters is 5. The van der Waals surface area contributed by atoms with E-state index in [0.29, 0.717) is 11.1 Å². The lowest BCUT2D eigenvalue weighted by Gasteiger charge is -2.39. The van der Waals surface area contributed by atoms with Gasteiger partial charge in [-0.25, -0.2) is 0 Å². The van der Waals surface area contributed by atoms with E-state index >= 15 is 0 Å². The average molecular weight is 583 g/mol. The number of fused-ring (bicyclic) bond motifs is 3. The molecule has 0 amide bonds. The van der Waals surface area contributed by atoms with E-state index in [4.69, 9.17) is 14.2 Å². The maximum Gasteiger partial charge on any atom is 0.321 e. The van der Waals surface area contributed by atoms with E-state index in [-0.39, 0.29) is 19.4 Å². The first kappa shape index (κ1) is 31.9. The summed E-state index contributed by atoms with van der Waals surface area (Å²) in [5.41, 5.74) is 1.27. The van der Waals surface area contributed by atoms with E-state index in [1.54, 1.807) is 24.3 Å². The van der Waals surface area contributed by atoms with Crippen molar-refractivity contribution in [2.24, 2.45) is 17.8 Å². The van der Waals surface area contributed by atoms with E-state index < -0.39 is 59.4 Å². The topological polar surface area (TPSA) is 113 Å². The Morgan fingerprint density at radius 3 is 1.86 bits per heavy atom. The van der Waals surface area contributed by atoms with Crippen molar-refractivity contribution in [3.05, 3.63) is 35.4 Å². The number of benzene rings is 1. The van der Waals surface area contributed by atoms with Crippen molar-refractivity contribution in [2.75, 3.05) is 6.61 Å². The third-order valence-electron chi connectivity index (χ3n) is 9.20. The number of hydrogen-bond acceptors (Lipinski definition) is 8. The zero-order valence-corrected chi connectivity index (χ0v) is 25.0. The molecule has 2 heterocycles. The van der Waals surface area contributed by atoms with Crippen molar-refractivity contribution in [3.8, 4) is 0 Å². The summed E-state index contributed by atoms with van der Waals surface area (Å²) in [7, 11) is 0. The highest BCUT2D eigenvalue weighted by Crippen LogP contribution is 2.55. The molecular formula is C34H46O8. The summed E-state index contributed by atoms with van der Waals surface area (Å²) in [5, 5.41) is 0. The lowest BCUT2D eigenvalue weighted by Crippen LogP contribution is -2.40. The van der Waals surface area contributed by atoms with Gasteiger partial charge in [0, 0.05) is 12.3 Å². The molecule has 2 fully saturated rings. The minimum atomic E-state index is -0.922. The summed E-state index contributed by atoms with van der Waals surface area (Å²) in [5.74, 6) is -7.12. The molecule has 8 nitrogen and oxygen atoms in total. The van der Waals surface area contributed by atoms with Crippen molar-refractivity contribution in [1.82, 2.24) is 0 Å². The van der Waals surface area contributed by atoms with Crippen molar-refractivity contribution >= 4 is 29.8 Å². The van der Waals surface area contributed by atoms with Crippen LogP contribution in [0.5, 0.6) is 0 Å². The van der Waals surface area contributed by atoms with Crippen LogP contribution >= 0.6 is 0 Å². The highest BCUT2D eigenvalue weighted by Gasteiger charge is 2.59. The minimum Gasteiger partial charge on any atom is -0.466 e. The van der Waals surface area contributed by atoms with Crippen LogP contribution in [-0.4, -0.2) is 36.5 Å². The zero-order valence-electron chi connectivity index (χ0n) is 25.0. The molecule has 2 saturated heterocycles. The predicted octanol–water partition coefficient (Wildman–Crippen LogP) is 6.69. The number of hydrogen-bond donors (Lipinski definition) is 0. The second-order valence-corrected chi connectivity index (χ2v) is 12.2. The monoisotopic (exact) mass is 582 g/mol. The third-order valence-corrected chi connectivity index (χ3v) is 9.20. The molecular weight excluding hydrogens is 536 g/mol. The highest BCUT2D eigenvalue weighted by atomic mass is 16.6. The number of ether oxygens (including phenoxy) is 3. The molecule has 230 valence electrons. The van der Waals surface area contributed by atoms with Crippen molar-refractivity contribution in [2.45, 2.75) is 121 Å². The Labute approximate surface area is 249 Å². The van der Waals surface area contributed by atoms with Gasteiger partial charge in [-0.2, -0.15) is 0 Å². The fraction of sp³-hybridized carbons (Fsp3) is 0.676. The van der Waals surface area contributed by atoms with E-state index in [1.807, 2.05) is 0 Å². The van der Waals surface area contributed by atoms with Gasteiger partial charge < -0.3 is 14.2 Å². The number of rotatable bonds is 18. The summed E-state index contributed by atoms with van der Waals surface area (Å²) >= 11 is 0. The van der Waals surface area contributed by atoms with Crippen LogP contribution < -0.4 is 0 Å². The standard InChI is InChI=1S/C34H46O8/c1-2-3-4-5-6-7-8-9-10-11-12-13-14-17-20-40-27(35)21-25-29(26-22-28(36)41-32(26)37)23-18-15-16-19-24(23)30-31(25)34(39)42-33(30)38/h15-16,18-19,25-26,29-31H,2-14,17,20-22H2,1H3. The number of unbranched alkanes of at least 4 members (excludes halogenated alkanes) is 13. The zero-order chi connectivity index (χ0) is 29.9. The minimum absolute atomic E-state index is 0.136. The smallest absolute Gasteiger partial charge is 0.321 e. The molecule has 0 N–H and O–H groups in total. The maximum atomic E-state index is 13.0. The summed E-state index contributed by atoms with van der Waals surface area (Å²) in [6.45, 7) is 2.53. The van der Waals surface area contributed by atoms with Gasteiger partial charge in [0.1, 0.15) is 0 Å². The van der Waals surface area contributed by atoms with E-state index in [0.717, 1.165) is 19.3 Å². The molecule has 1 aromatic rings. The quantitative estimate of drug-likeness (QED) is 0.0814. The molecule has 1 aliphatic carbocycles. The molecule has 1 aromatic carbocycles. The van der Waals surface area contributed by atoms with Crippen molar-refractivity contribution in [1.29, 1.82) is 0 Å². The predicted molar refractivity (Wildman–Crippen MR) is 155 cm³/mol. The number of carbonyl (C=O) groups is 5. The first-order chi connectivity index (χ1) is 20.4. The third kappa shape index (κ3) is 8.07. The van der Waals surface area contributed by atoms with Crippen LogP contribution in [-0.2, 0) is 38.2 Å². The Balaban J connectivity index is 1.23. The Bertz CT molecular complexity index is 1110. The van der Waals surface area contributed by atoms with Crippen LogP contribution in [0.15, 0.2) is 24.3 Å². The average Bonchev–Trinajstić information content (AvgIpc) is 3.46. The van der Waals surface area contributed by atoms with Gasteiger partial charge in [-0.05, 0) is 23.5 Å². The first-order valence-corrected chi connectivity index (χ1v) is 16.2. The van der Waals surface area contributed by atoms with Gasteiger partial charge in [0.2, 0.25) is 0 Å². The second-order valence-electron chi connectivity index (χ2n) is 12.2. The van der Waals surface area contributed by atoms with Crippen LogP contribution in [0.25, 0.3) is 0 Å². The van der Waals surface area contributed by atoms with Gasteiger partial charge in [-0.1, -0.05) is 115 Å². The fourth-order valence-electron chi connectivity index (χ4n) is 7.08. The molecule has 0 spiro atoms. The van der Waals surface area contributed by atoms with Crippen LogP contribution in [0.3, 0.4) is 0 Å². The Morgan fingerprint density at radius 2 is 1.29 bits per heavy atom. The normalized spacial score (nSPS) is 24.7. The maximum absolute atomic E-state index is 13.0. The second kappa shape index (κ2) is 16.0. The van der Waals surface area contributed by atoms with Gasteiger partial charge >= 0.3 is 29.8 Å². The molecule has 3 aliphatic rings. The lowest BCUT2D eigenvalue weighted by atomic mass is 9.60. The number of cyclic esters (lactones) is 4. The van der Waals surface area contributed by atoms with Crippen LogP contribution in [0.2, 0.25) is 0 Å². The van der Waals surface area contributed by atoms with Gasteiger partial charge in [0.25, 0.3) is 0 Å². The summed E-state index contributed by atoms with van der Waals surface area (Å²) in [6, 6.07) is 7.06. The first-order valence-electron chi connectivity index (χ1n) is 16.2. The molecule has 0 saturated carbocycles. The Morgan fingerprint density at radius 1 is 0.714 bits per heavy atom. The highest BCUT2D eigenvalue weighted by molar-refractivity contribution is 6.01. The van der Waals surface area contributed by atoms with Gasteiger partial charge in [0.05, 0.1) is 30.8 Å². The fourth-order valence-corrected chi connectivity index (χ4v) is 7.08.